The minimum absolute atomic E-state index is 0.0399. The van der Waals surface area contributed by atoms with E-state index in [1.165, 1.54) is 6.33 Å². The fraction of sp³-hybridized carbons (Fsp3) is 0.476. The van der Waals surface area contributed by atoms with Crippen molar-refractivity contribution >= 4 is 40.6 Å². The summed E-state index contributed by atoms with van der Waals surface area (Å²) < 4.78 is 1.72. The number of piperazine rings is 1. The normalized spacial score (nSPS) is 19.5. The average molecular weight is 461 g/mol. The van der Waals surface area contributed by atoms with E-state index in [-0.39, 0.29) is 6.04 Å². The van der Waals surface area contributed by atoms with Crippen molar-refractivity contribution in [3.8, 4) is 0 Å². The number of aromatic nitrogens is 4. The van der Waals surface area contributed by atoms with E-state index in [1.54, 1.807) is 10.6 Å². The second-order valence-corrected chi connectivity index (χ2v) is 9.24. The highest BCUT2D eigenvalue weighted by Crippen LogP contribution is 2.30. The summed E-state index contributed by atoms with van der Waals surface area (Å²) in [6.07, 6.45) is 1.53. The summed E-state index contributed by atoms with van der Waals surface area (Å²) in [5.74, 6) is 2.33. The van der Waals surface area contributed by atoms with Gasteiger partial charge in [-0.15, -0.1) is 0 Å². The number of hydrogen-bond acceptors (Lipinski definition) is 7. The third kappa shape index (κ3) is 4.17. The Morgan fingerprint density at radius 2 is 1.87 bits per heavy atom. The monoisotopic (exact) mass is 460 g/mol. The molecule has 4 heterocycles. The highest BCUT2D eigenvalue weighted by atomic mass is 35.5. The Balaban J connectivity index is 1.33. The zero-order chi connectivity index (χ0) is 21.5. The number of benzene rings is 1. The number of hydrogen-bond donors (Lipinski definition) is 1. The number of fused-ring (bicyclic) bond motifs is 1. The van der Waals surface area contributed by atoms with Gasteiger partial charge in [0.05, 0.1) is 6.04 Å². The van der Waals surface area contributed by atoms with Crippen molar-refractivity contribution < 1.29 is 0 Å². The number of anilines is 2. The summed E-state index contributed by atoms with van der Waals surface area (Å²) in [5.41, 5.74) is 0.969. The van der Waals surface area contributed by atoms with E-state index < -0.39 is 0 Å². The van der Waals surface area contributed by atoms with Gasteiger partial charge in [0.1, 0.15) is 18.0 Å². The van der Waals surface area contributed by atoms with Gasteiger partial charge in [0, 0.05) is 61.4 Å². The van der Waals surface area contributed by atoms with Gasteiger partial charge in [0.15, 0.2) is 0 Å². The van der Waals surface area contributed by atoms with E-state index in [0.29, 0.717) is 21.9 Å². The summed E-state index contributed by atoms with van der Waals surface area (Å²) in [6.45, 7) is 8.58. The highest BCUT2D eigenvalue weighted by Gasteiger charge is 2.34. The molecule has 8 nitrogen and oxygen atoms in total. The van der Waals surface area contributed by atoms with Crippen LogP contribution in [0.5, 0.6) is 0 Å². The molecule has 2 saturated heterocycles. The highest BCUT2D eigenvalue weighted by molar-refractivity contribution is 6.35. The Hall–Kier alpha value is -2.13. The number of rotatable bonds is 5. The van der Waals surface area contributed by atoms with Crippen molar-refractivity contribution in [3.05, 3.63) is 46.2 Å². The molecule has 1 N–H and O–H groups in total. The summed E-state index contributed by atoms with van der Waals surface area (Å²) in [7, 11) is 2.19. The van der Waals surface area contributed by atoms with Crippen LogP contribution in [0.2, 0.25) is 10.0 Å². The lowest BCUT2D eigenvalue weighted by Crippen LogP contribution is -2.63. The van der Waals surface area contributed by atoms with Crippen molar-refractivity contribution in [2.75, 3.05) is 56.5 Å². The van der Waals surface area contributed by atoms with Crippen molar-refractivity contribution in [2.45, 2.75) is 19.0 Å². The van der Waals surface area contributed by atoms with E-state index in [1.807, 2.05) is 18.2 Å². The zero-order valence-electron chi connectivity index (χ0n) is 17.7. The van der Waals surface area contributed by atoms with Crippen LogP contribution >= 0.6 is 23.2 Å². The molecule has 0 bridgehead atoms. The first-order valence-corrected chi connectivity index (χ1v) is 11.3. The maximum absolute atomic E-state index is 6.41. The van der Waals surface area contributed by atoms with Crippen molar-refractivity contribution in [3.63, 3.8) is 0 Å². The van der Waals surface area contributed by atoms with Crippen LogP contribution in [0.4, 0.5) is 11.6 Å². The van der Waals surface area contributed by atoms with E-state index in [2.05, 4.69) is 44.1 Å². The molecule has 2 aliphatic rings. The van der Waals surface area contributed by atoms with Gasteiger partial charge < -0.3 is 15.1 Å². The molecular weight excluding hydrogens is 435 g/mol. The van der Waals surface area contributed by atoms with Crippen LogP contribution in [-0.4, -0.2) is 81.7 Å². The fourth-order valence-corrected chi connectivity index (χ4v) is 4.85. The quantitative estimate of drug-likeness (QED) is 0.627. The van der Waals surface area contributed by atoms with Crippen LogP contribution in [0.3, 0.4) is 0 Å². The molecule has 0 aliphatic carbocycles. The lowest BCUT2D eigenvalue weighted by molar-refractivity contribution is 0.0961. The van der Waals surface area contributed by atoms with Gasteiger partial charge in [0.25, 0.3) is 5.78 Å². The second kappa shape index (κ2) is 8.43. The van der Waals surface area contributed by atoms with Gasteiger partial charge in [-0.05, 0) is 31.7 Å². The predicted octanol–water partition coefficient (Wildman–Crippen LogP) is 3.04. The average Bonchev–Trinajstić information content (AvgIpc) is 3.17. The summed E-state index contributed by atoms with van der Waals surface area (Å²) in [6, 6.07) is 8.15. The lowest BCUT2D eigenvalue weighted by atomic mass is 10.1. The molecule has 1 atom stereocenters. The van der Waals surface area contributed by atoms with Crippen LogP contribution < -0.4 is 10.2 Å². The van der Waals surface area contributed by atoms with Gasteiger partial charge in [-0.1, -0.05) is 29.3 Å². The van der Waals surface area contributed by atoms with Crippen LogP contribution in [0.25, 0.3) is 5.78 Å². The van der Waals surface area contributed by atoms with Gasteiger partial charge in [-0.3, -0.25) is 4.90 Å². The summed E-state index contributed by atoms with van der Waals surface area (Å²) in [4.78, 5) is 16.3. The first kappa shape index (κ1) is 20.8. The minimum Gasteiger partial charge on any atom is -0.363 e. The second-order valence-electron chi connectivity index (χ2n) is 8.40. The number of nitrogens with zero attached hydrogens (tertiary/aromatic N) is 7. The van der Waals surface area contributed by atoms with Crippen molar-refractivity contribution in [1.29, 1.82) is 0 Å². The van der Waals surface area contributed by atoms with Crippen LogP contribution in [-0.2, 0) is 0 Å². The maximum atomic E-state index is 6.41. The van der Waals surface area contributed by atoms with Gasteiger partial charge in [-0.2, -0.15) is 19.6 Å². The lowest BCUT2D eigenvalue weighted by Gasteiger charge is -2.48. The molecule has 1 aromatic carbocycles. The van der Waals surface area contributed by atoms with E-state index in [4.69, 9.17) is 28.2 Å². The summed E-state index contributed by atoms with van der Waals surface area (Å²) in [5, 5.41) is 9.11. The first-order valence-electron chi connectivity index (χ1n) is 10.6. The smallest absolute Gasteiger partial charge is 0.256 e. The fourth-order valence-electron chi connectivity index (χ4n) is 4.28. The number of nitrogens with one attached hydrogen (secondary N) is 1. The molecule has 10 heteroatoms. The van der Waals surface area contributed by atoms with Crippen molar-refractivity contribution in [1.82, 2.24) is 29.4 Å². The molecule has 2 aliphatic heterocycles. The van der Waals surface area contributed by atoms with Gasteiger partial charge >= 0.3 is 0 Å². The van der Waals surface area contributed by atoms with E-state index >= 15 is 0 Å². The molecule has 0 spiro atoms. The SMILES string of the molecule is C[C@@H](Nc1cc(N2CC(N3CCN(C)CC3)C2)nc2ncnn12)c1ccc(Cl)cc1Cl. The minimum atomic E-state index is -0.0399. The van der Waals surface area contributed by atoms with Crippen LogP contribution in [0, 0.1) is 0 Å². The molecule has 164 valence electrons. The first-order chi connectivity index (χ1) is 15.0. The molecule has 2 aromatic heterocycles. The summed E-state index contributed by atoms with van der Waals surface area (Å²) >= 11 is 12.5. The van der Waals surface area contributed by atoms with Crippen LogP contribution in [0.15, 0.2) is 30.6 Å². The molecular formula is C21H26Cl2N8. The van der Waals surface area contributed by atoms with E-state index in [9.17, 15) is 0 Å². The molecule has 0 unspecified atom stereocenters. The molecule has 31 heavy (non-hydrogen) atoms. The third-order valence-electron chi connectivity index (χ3n) is 6.27. The molecule has 3 aromatic rings. The molecule has 5 rings (SSSR count). The van der Waals surface area contributed by atoms with Gasteiger partial charge in [-0.25, -0.2) is 0 Å². The van der Waals surface area contributed by atoms with Gasteiger partial charge in [0.2, 0.25) is 0 Å². The predicted molar refractivity (Wildman–Crippen MR) is 124 cm³/mol. The van der Waals surface area contributed by atoms with E-state index in [0.717, 1.165) is 56.5 Å². The number of likely N-dealkylation sites (N-methyl/N-ethyl adjacent to an activating group) is 1. The topological polar surface area (TPSA) is 64.8 Å². The third-order valence-corrected chi connectivity index (χ3v) is 6.83. The Labute approximate surface area is 191 Å². The Kier molecular flexibility index (Phi) is 5.64. The standard InChI is InChI=1S/C21H26Cl2N8/c1-14(17-4-3-15(22)9-18(17)23)26-20-10-19(27-21-24-13-25-31(20)21)30-11-16(12-30)29-7-5-28(2)6-8-29/h3-4,9-10,13-14,16,26H,5-8,11-12H2,1-2H3/t14-/m1/s1. The molecule has 0 saturated carbocycles. The maximum Gasteiger partial charge on any atom is 0.256 e. The van der Waals surface area contributed by atoms with Crippen LogP contribution in [0.1, 0.15) is 18.5 Å². The molecule has 0 radical (unpaired) electrons. The Bertz CT molecular complexity index is 1070. The molecule has 2 fully saturated rings. The number of halogens is 2. The van der Waals surface area contributed by atoms with Crippen molar-refractivity contribution in [2.24, 2.45) is 0 Å². The Morgan fingerprint density at radius 3 is 2.61 bits per heavy atom. The molecule has 0 amide bonds. The largest absolute Gasteiger partial charge is 0.363 e. The Morgan fingerprint density at radius 1 is 1.10 bits per heavy atom. The zero-order valence-corrected chi connectivity index (χ0v) is 19.2.